The van der Waals surface area contributed by atoms with E-state index in [0.29, 0.717) is 12.5 Å². The highest BCUT2D eigenvalue weighted by atomic mass is 16.5. The van der Waals surface area contributed by atoms with Crippen LogP contribution in [0.15, 0.2) is 60.9 Å². The molecule has 4 aromatic rings. The zero-order chi connectivity index (χ0) is 34.2. The quantitative estimate of drug-likeness (QED) is 0.138. The van der Waals surface area contributed by atoms with Crippen LogP contribution in [-0.4, -0.2) is 86.2 Å². The maximum absolute atomic E-state index is 12.0. The van der Waals surface area contributed by atoms with Crippen molar-refractivity contribution < 1.29 is 29.3 Å². The number of aliphatic carboxylic acids is 1. The Balaban J connectivity index is 1.02. The highest BCUT2D eigenvalue weighted by Gasteiger charge is 2.52. The number of carbonyl (C=O) groups excluding carboxylic acids is 1. The van der Waals surface area contributed by atoms with E-state index in [1.807, 2.05) is 17.3 Å². The van der Waals surface area contributed by atoms with Crippen LogP contribution in [0.25, 0.3) is 33.6 Å². The van der Waals surface area contributed by atoms with Gasteiger partial charge in [-0.25, -0.2) is 14.8 Å². The number of methoxy groups -OCH3 is 2. The summed E-state index contributed by atoms with van der Waals surface area (Å²) >= 11 is 0. The van der Waals surface area contributed by atoms with Crippen molar-refractivity contribution in [3.05, 3.63) is 72.6 Å². The third-order valence-electron chi connectivity index (χ3n) is 11.1. The zero-order valence-corrected chi connectivity index (χ0v) is 28.0. The molecule has 3 aliphatic rings. The third kappa shape index (κ3) is 6.36. The predicted molar refractivity (Wildman–Crippen MR) is 182 cm³/mol. The van der Waals surface area contributed by atoms with Crippen LogP contribution >= 0.6 is 0 Å². The van der Waals surface area contributed by atoms with Gasteiger partial charge in [-0.15, -0.1) is 0 Å². The summed E-state index contributed by atoms with van der Waals surface area (Å²) in [7, 11) is 2.83. The number of nitrogens with one attached hydrogen (secondary N) is 3. The number of carboxylic acid groups (broad SMARTS) is 1. The van der Waals surface area contributed by atoms with Gasteiger partial charge in [0.25, 0.3) is 0 Å². The van der Waals surface area contributed by atoms with Crippen LogP contribution in [0.3, 0.4) is 0 Å². The normalized spacial score (nSPS) is 25.3. The number of nitrogens with zero attached hydrogens (tertiary/aromatic N) is 3. The van der Waals surface area contributed by atoms with Gasteiger partial charge in [-0.05, 0) is 73.1 Å². The Kier molecular flexibility index (Phi) is 9.27. The van der Waals surface area contributed by atoms with Gasteiger partial charge in [-0.3, -0.25) is 9.69 Å². The smallest absolute Gasteiger partial charge is 0.407 e. The summed E-state index contributed by atoms with van der Waals surface area (Å²) in [6.45, 7) is 2.45. The van der Waals surface area contributed by atoms with Gasteiger partial charge in [0.05, 0.1) is 55.0 Å². The molecule has 12 heteroatoms. The van der Waals surface area contributed by atoms with E-state index in [9.17, 15) is 19.8 Å². The molecule has 258 valence electrons. The molecule has 2 saturated carbocycles. The number of imidazole rings is 2. The van der Waals surface area contributed by atoms with Crippen molar-refractivity contribution in [2.75, 3.05) is 20.8 Å². The topological polar surface area (TPSA) is 166 Å². The second kappa shape index (κ2) is 13.8. The predicted octanol–water partition coefficient (Wildman–Crippen LogP) is 5.56. The van der Waals surface area contributed by atoms with Crippen LogP contribution in [0.4, 0.5) is 4.79 Å². The van der Waals surface area contributed by atoms with Crippen LogP contribution in [0.1, 0.15) is 62.6 Å². The zero-order valence-electron chi connectivity index (χ0n) is 28.0. The highest BCUT2D eigenvalue weighted by Crippen LogP contribution is 2.56. The molecule has 1 aliphatic heterocycles. The molecular formula is C37H44N6O6. The molecule has 2 bridgehead atoms. The maximum Gasteiger partial charge on any atom is 0.407 e. The second-order valence-corrected chi connectivity index (χ2v) is 13.7. The Bertz CT molecular complexity index is 1770. The number of rotatable bonds is 11. The first-order valence-corrected chi connectivity index (χ1v) is 17.1. The van der Waals surface area contributed by atoms with Gasteiger partial charge >= 0.3 is 12.1 Å². The van der Waals surface area contributed by atoms with E-state index in [4.69, 9.17) is 9.47 Å². The molecule has 49 heavy (non-hydrogen) atoms. The van der Waals surface area contributed by atoms with Gasteiger partial charge in [0.1, 0.15) is 17.9 Å². The monoisotopic (exact) mass is 668 g/mol. The van der Waals surface area contributed by atoms with Gasteiger partial charge < -0.3 is 35.0 Å². The standard InChI is InChI=1S/C37H44N6O6/c1-20(48-2)32(42-37(47)49-3)35(44)43-16-4-5-29(43)33-38-18-27(40-33)23-10-6-21(7-11-23)22-8-12-24(13-9-22)28-19-39-34(41-28)30-25-14-15-26(17-25)31(30)36(45)46/h6-13,18-20,25-26,29-32,35,44H,4-5,14-17H2,1-3H3,(H,38,40)(H,39,41)(H,42,47)(H,45,46)/t20-,25?,26?,29+,30?,31+,32+,35?/m1/s1. The Morgan fingerprint density at radius 3 is 2.04 bits per heavy atom. The van der Waals surface area contributed by atoms with Crippen molar-refractivity contribution in [1.29, 1.82) is 0 Å². The summed E-state index contributed by atoms with van der Waals surface area (Å²) in [6, 6.07) is 15.8. The maximum atomic E-state index is 12.0. The van der Waals surface area contributed by atoms with E-state index >= 15 is 0 Å². The molecule has 2 aromatic heterocycles. The van der Waals surface area contributed by atoms with Crippen molar-refractivity contribution in [1.82, 2.24) is 30.2 Å². The van der Waals surface area contributed by atoms with Gasteiger partial charge in [0, 0.05) is 19.6 Å². The highest BCUT2D eigenvalue weighted by molar-refractivity contribution is 5.73. The SMILES string of the molecule is COC(=O)N[C@H](C(O)N1CCC[C@H]1c1ncc(-c2ccc(-c3ccc(-c4cnc(C5C6CCC(C6)[C@@H]5C(=O)O)[nH]4)cc3)cc2)[nH]1)[C@@H](C)OC. The number of aliphatic hydroxyl groups is 1. The molecule has 1 amide bonds. The van der Waals surface area contributed by atoms with Crippen LogP contribution in [0.2, 0.25) is 0 Å². The van der Waals surface area contributed by atoms with Gasteiger partial charge in [-0.1, -0.05) is 48.5 Å². The minimum atomic E-state index is -0.997. The summed E-state index contributed by atoms with van der Waals surface area (Å²) in [6.07, 6.45) is 6.35. The first kappa shape index (κ1) is 33.0. The number of benzene rings is 2. The van der Waals surface area contributed by atoms with Gasteiger partial charge in [0.15, 0.2) is 0 Å². The van der Waals surface area contributed by atoms with Crippen LogP contribution in [-0.2, 0) is 14.3 Å². The van der Waals surface area contributed by atoms with E-state index in [2.05, 4.69) is 73.8 Å². The molecule has 4 unspecified atom stereocenters. The van der Waals surface area contributed by atoms with E-state index in [1.165, 1.54) is 7.11 Å². The molecule has 3 fully saturated rings. The number of aromatic nitrogens is 4. The number of H-pyrrole nitrogens is 2. The lowest BCUT2D eigenvalue weighted by molar-refractivity contribution is -0.144. The molecule has 12 nitrogen and oxygen atoms in total. The van der Waals surface area contributed by atoms with Crippen LogP contribution < -0.4 is 5.32 Å². The molecule has 5 N–H and O–H groups in total. The van der Waals surface area contributed by atoms with Gasteiger partial charge in [-0.2, -0.15) is 0 Å². The molecule has 2 aromatic carbocycles. The Morgan fingerprint density at radius 1 is 0.878 bits per heavy atom. The summed E-state index contributed by atoms with van der Waals surface area (Å²) in [5.41, 5.74) is 5.93. The Morgan fingerprint density at radius 2 is 1.45 bits per heavy atom. The van der Waals surface area contributed by atoms with E-state index in [1.54, 1.807) is 14.0 Å². The third-order valence-corrected chi connectivity index (χ3v) is 11.1. The molecule has 2 aliphatic carbocycles. The van der Waals surface area contributed by atoms with E-state index in [-0.39, 0.29) is 23.8 Å². The summed E-state index contributed by atoms with van der Waals surface area (Å²) < 4.78 is 10.2. The number of fused-ring (bicyclic) bond motifs is 2. The number of aromatic amines is 2. The number of hydrogen-bond acceptors (Lipinski definition) is 8. The fourth-order valence-corrected chi connectivity index (χ4v) is 8.41. The first-order valence-electron chi connectivity index (χ1n) is 17.1. The van der Waals surface area contributed by atoms with Crippen LogP contribution in [0, 0.1) is 17.8 Å². The van der Waals surface area contributed by atoms with E-state index < -0.39 is 30.4 Å². The lowest BCUT2D eigenvalue weighted by Crippen LogP contribution is -2.56. The second-order valence-electron chi connectivity index (χ2n) is 13.7. The molecule has 0 radical (unpaired) electrons. The molecule has 1 saturated heterocycles. The Hall–Kier alpha value is -4.52. The minimum Gasteiger partial charge on any atom is -0.481 e. The lowest BCUT2D eigenvalue weighted by Gasteiger charge is -2.36. The number of likely N-dealkylation sites (tertiary alicyclic amines) is 1. The van der Waals surface area contributed by atoms with Crippen molar-refractivity contribution in [2.24, 2.45) is 17.8 Å². The minimum absolute atomic E-state index is 0.0372. The first-order chi connectivity index (χ1) is 23.7. The molecule has 8 atom stereocenters. The Labute approximate surface area is 285 Å². The number of ether oxygens (including phenoxy) is 2. The average Bonchev–Trinajstić information content (AvgIpc) is 3.98. The number of carbonyl (C=O) groups is 2. The average molecular weight is 669 g/mol. The number of carboxylic acids is 1. The van der Waals surface area contributed by atoms with E-state index in [0.717, 1.165) is 77.4 Å². The summed E-state index contributed by atoms with van der Waals surface area (Å²) in [5.74, 6) is 1.13. The van der Waals surface area contributed by atoms with Crippen molar-refractivity contribution in [3.8, 4) is 33.6 Å². The molecule has 0 spiro atoms. The molecule has 7 rings (SSSR count). The number of alkyl carbamates (subject to hydrolysis) is 1. The number of hydrogen-bond donors (Lipinski definition) is 5. The fraction of sp³-hybridized carbons (Fsp3) is 0.459. The fourth-order valence-electron chi connectivity index (χ4n) is 8.41. The largest absolute Gasteiger partial charge is 0.481 e. The van der Waals surface area contributed by atoms with Crippen molar-refractivity contribution in [2.45, 2.75) is 69.4 Å². The number of amides is 1. The summed E-state index contributed by atoms with van der Waals surface area (Å²) in [4.78, 5) is 42.2. The molecule has 3 heterocycles. The van der Waals surface area contributed by atoms with Crippen molar-refractivity contribution >= 4 is 12.1 Å². The number of aliphatic hydroxyl groups excluding tert-OH is 1. The van der Waals surface area contributed by atoms with Gasteiger partial charge in [0.2, 0.25) is 0 Å². The molecular weight excluding hydrogens is 624 g/mol. The van der Waals surface area contributed by atoms with Crippen LogP contribution in [0.5, 0.6) is 0 Å². The lowest BCUT2D eigenvalue weighted by atomic mass is 9.79. The van der Waals surface area contributed by atoms with Crippen molar-refractivity contribution in [3.63, 3.8) is 0 Å². The summed E-state index contributed by atoms with van der Waals surface area (Å²) in [5, 5.41) is 23.9.